The van der Waals surface area contributed by atoms with Crippen molar-refractivity contribution in [2.75, 3.05) is 5.73 Å². The molecule has 3 aromatic carbocycles. The molecule has 2 nitrogen and oxygen atoms in total. The van der Waals surface area contributed by atoms with Gasteiger partial charge >= 0.3 is 0 Å². The van der Waals surface area contributed by atoms with Crippen molar-refractivity contribution in [2.24, 2.45) is 0 Å². The summed E-state index contributed by atoms with van der Waals surface area (Å²) in [6.45, 7) is 0.512. The van der Waals surface area contributed by atoms with Crippen LogP contribution in [0.3, 0.4) is 0 Å². The van der Waals surface area contributed by atoms with Gasteiger partial charge in [-0.2, -0.15) is 0 Å². The number of para-hydroxylation sites is 1. The third-order valence-corrected chi connectivity index (χ3v) is 3.86. The monoisotopic (exact) mass is 309 g/mol. The van der Waals surface area contributed by atoms with Crippen molar-refractivity contribution < 1.29 is 4.74 Å². The third-order valence-electron chi connectivity index (χ3n) is 3.44. The first kappa shape index (κ1) is 14.5. The van der Waals surface area contributed by atoms with Crippen molar-refractivity contribution in [1.82, 2.24) is 0 Å². The highest BCUT2D eigenvalue weighted by Crippen LogP contribution is 2.37. The van der Waals surface area contributed by atoms with Crippen LogP contribution in [0, 0.1) is 0 Å². The largest absolute Gasteiger partial charge is 0.488 e. The molecule has 0 unspecified atom stereocenters. The predicted molar refractivity (Wildman–Crippen MR) is 92.1 cm³/mol. The smallest absolute Gasteiger partial charge is 0.127 e. The fourth-order valence-electron chi connectivity index (χ4n) is 2.31. The van der Waals surface area contributed by atoms with Gasteiger partial charge in [-0.25, -0.2) is 0 Å². The Bertz CT molecular complexity index is 771. The van der Waals surface area contributed by atoms with Gasteiger partial charge in [0.05, 0.1) is 10.7 Å². The Labute approximate surface area is 135 Å². The normalized spacial score (nSPS) is 10.4. The molecular formula is C19H16ClNO. The van der Waals surface area contributed by atoms with Crippen LogP contribution in [0.5, 0.6) is 5.75 Å². The van der Waals surface area contributed by atoms with E-state index < -0.39 is 0 Å². The molecule has 0 saturated carbocycles. The molecule has 3 heteroatoms. The summed E-state index contributed by atoms with van der Waals surface area (Å²) in [6, 6.07) is 23.5. The van der Waals surface area contributed by atoms with Crippen molar-refractivity contribution in [1.29, 1.82) is 0 Å². The molecule has 0 amide bonds. The van der Waals surface area contributed by atoms with Crippen molar-refractivity contribution in [3.63, 3.8) is 0 Å². The van der Waals surface area contributed by atoms with Gasteiger partial charge in [0.15, 0.2) is 0 Å². The Kier molecular flexibility index (Phi) is 4.31. The molecule has 0 atom stereocenters. The zero-order chi connectivity index (χ0) is 15.4. The first-order valence-corrected chi connectivity index (χ1v) is 7.43. The van der Waals surface area contributed by atoms with Gasteiger partial charge in [0.1, 0.15) is 12.4 Å². The van der Waals surface area contributed by atoms with Gasteiger partial charge in [-0.3, -0.25) is 0 Å². The number of benzene rings is 3. The SMILES string of the molecule is Nc1cccc(-c2ccccc2OCc2ccccc2)c1Cl. The van der Waals surface area contributed by atoms with E-state index in [-0.39, 0.29) is 0 Å². The lowest BCUT2D eigenvalue weighted by Crippen LogP contribution is -1.97. The summed E-state index contributed by atoms with van der Waals surface area (Å²) in [6.07, 6.45) is 0. The van der Waals surface area contributed by atoms with Gasteiger partial charge in [-0.1, -0.05) is 72.3 Å². The predicted octanol–water partition coefficient (Wildman–Crippen LogP) is 5.17. The molecule has 3 aromatic rings. The zero-order valence-electron chi connectivity index (χ0n) is 12.0. The molecule has 0 radical (unpaired) electrons. The molecule has 0 aliphatic rings. The van der Waals surface area contributed by atoms with Crippen LogP contribution in [0.15, 0.2) is 72.8 Å². The van der Waals surface area contributed by atoms with E-state index in [0.717, 1.165) is 22.4 Å². The highest BCUT2D eigenvalue weighted by atomic mass is 35.5. The van der Waals surface area contributed by atoms with Crippen LogP contribution in [0.25, 0.3) is 11.1 Å². The van der Waals surface area contributed by atoms with Gasteiger partial charge in [0, 0.05) is 11.1 Å². The number of ether oxygens (including phenoxy) is 1. The molecule has 22 heavy (non-hydrogen) atoms. The Balaban J connectivity index is 1.92. The second kappa shape index (κ2) is 6.54. The van der Waals surface area contributed by atoms with Gasteiger partial charge < -0.3 is 10.5 Å². The quantitative estimate of drug-likeness (QED) is 0.675. The Morgan fingerprint density at radius 3 is 2.27 bits per heavy atom. The molecular weight excluding hydrogens is 294 g/mol. The summed E-state index contributed by atoms with van der Waals surface area (Å²) < 4.78 is 5.97. The third kappa shape index (κ3) is 3.07. The van der Waals surface area contributed by atoms with Gasteiger partial charge in [0.25, 0.3) is 0 Å². The van der Waals surface area contributed by atoms with E-state index in [9.17, 15) is 0 Å². The number of nitrogen functional groups attached to an aromatic ring is 1. The van der Waals surface area contributed by atoms with Crippen molar-refractivity contribution in [2.45, 2.75) is 6.61 Å². The van der Waals surface area contributed by atoms with Crippen molar-refractivity contribution in [3.05, 3.63) is 83.4 Å². The van der Waals surface area contributed by atoms with E-state index in [1.165, 1.54) is 0 Å². The maximum atomic E-state index is 6.34. The van der Waals surface area contributed by atoms with E-state index >= 15 is 0 Å². The van der Waals surface area contributed by atoms with E-state index in [4.69, 9.17) is 22.1 Å². The van der Waals surface area contributed by atoms with Crippen LogP contribution in [-0.2, 0) is 6.61 Å². The highest BCUT2D eigenvalue weighted by molar-refractivity contribution is 6.35. The molecule has 110 valence electrons. The minimum Gasteiger partial charge on any atom is -0.488 e. The van der Waals surface area contributed by atoms with E-state index in [2.05, 4.69) is 0 Å². The molecule has 3 rings (SSSR count). The highest BCUT2D eigenvalue weighted by Gasteiger charge is 2.11. The summed E-state index contributed by atoms with van der Waals surface area (Å²) in [4.78, 5) is 0. The van der Waals surface area contributed by atoms with Crippen LogP contribution in [0.4, 0.5) is 5.69 Å². The van der Waals surface area contributed by atoms with Gasteiger partial charge in [-0.15, -0.1) is 0 Å². The zero-order valence-corrected chi connectivity index (χ0v) is 12.8. The average Bonchev–Trinajstić information content (AvgIpc) is 2.57. The molecule has 0 bridgehead atoms. The summed E-state index contributed by atoms with van der Waals surface area (Å²) >= 11 is 6.34. The molecule has 0 spiro atoms. The summed E-state index contributed by atoms with van der Waals surface area (Å²) in [5, 5.41) is 0.554. The number of nitrogens with two attached hydrogens (primary N) is 1. The van der Waals surface area contributed by atoms with Gasteiger partial charge in [0.2, 0.25) is 0 Å². The number of hydrogen-bond donors (Lipinski definition) is 1. The summed E-state index contributed by atoms with van der Waals surface area (Å²) in [5.74, 6) is 0.791. The maximum absolute atomic E-state index is 6.34. The van der Waals surface area contributed by atoms with Crippen molar-refractivity contribution >= 4 is 17.3 Å². The van der Waals surface area contributed by atoms with Crippen LogP contribution in [0.2, 0.25) is 5.02 Å². The fourth-order valence-corrected chi connectivity index (χ4v) is 2.54. The van der Waals surface area contributed by atoms with Crippen LogP contribution in [-0.4, -0.2) is 0 Å². The minimum atomic E-state index is 0.512. The second-order valence-corrected chi connectivity index (χ2v) is 5.36. The number of anilines is 1. The summed E-state index contributed by atoms with van der Waals surface area (Å²) in [5.41, 5.74) is 9.41. The van der Waals surface area contributed by atoms with Crippen LogP contribution in [0.1, 0.15) is 5.56 Å². The topological polar surface area (TPSA) is 35.2 Å². The molecule has 0 aromatic heterocycles. The Morgan fingerprint density at radius 2 is 1.45 bits per heavy atom. The van der Waals surface area contributed by atoms with E-state index in [0.29, 0.717) is 17.3 Å². The lowest BCUT2D eigenvalue weighted by Gasteiger charge is -2.13. The minimum absolute atomic E-state index is 0.512. The first-order chi connectivity index (χ1) is 10.8. The maximum Gasteiger partial charge on any atom is 0.127 e. The lowest BCUT2D eigenvalue weighted by molar-refractivity contribution is 0.307. The molecule has 2 N–H and O–H groups in total. The molecule has 0 saturated heterocycles. The fraction of sp³-hybridized carbons (Fsp3) is 0.0526. The number of rotatable bonds is 4. The van der Waals surface area contributed by atoms with Crippen LogP contribution >= 0.6 is 11.6 Å². The van der Waals surface area contributed by atoms with Crippen molar-refractivity contribution in [3.8, 4) is 16.9 Å². The standard InChI is InChI=1S/C19H16ClNO/c20-19-16(10-6-11-17(19)21)15-9-4-5-12-18(15)22-13-14-7-2-1-3-8-14/h1-12H,13,21H2. The number of hydrogen-bond acceptors (Lipinski definition) is 2. The van der Waals surface area contributed by atoms with Gasteiger partial charge in [-0.05, 0) is 17.7 Å². The molecule has 0 aliphatic carbocycles. The van der Waals surface area contributed by atoms with E-state index in [1.54, 1.807) is 6.07 Å². The molecule has 0 fully saturated rings. The molecule has 0 aliphatic heterocycles. The Hall–Kier alpha value is -2.45. The number of halogens is 1. The average molecular weight is 310 g/mol. The van der Waals surface area contributed by atoms with E-state index in [1.807, 2.05) is 66.7 Å². The van der Waals surface area contributed by atoms with Crippen LogP contribution < -0.4 is 10.5 Å². The summed E-state index contributed by atoms with van der Waals surface area (Å²) in [7, 11) is 0. The Morgan fingerprint density at radius 1 is 0.773 bits per heavy atom. The first-order valence-electron chi connectivity index (χ1n) is 7.06. The molecule has 0 heterocycles. The second-order valence-electron chi connectivity index (χ2n) is 4.98. The lowest BCUT2D eigenvalue weighted by atomic mass is 10.0.